The fourth-order valence-electron chi connectivity index (χ4n) is 5.34. The molecule has 0 saturated heterocycles. The molecule has 4 atom stereocenters. The molecule has 0 aromatic heterocycles. The van der Waals surface area contributed by atoms with Gasteiger partial charge in [-0.3, -0.25) is 0 Å². The molecule has 2 nitrogen and oxygen atoms in total. The van der Waals surface area contributed by atoms with Crippen LogP contribution in [0.2, 0.25) is 0 Å². The normalized spacial score (nSPS) is 19.8. The Balaban J connectivity index is 0.000000475. The van der Waals surface area contributed by atoms with Gasteiger partial charge in [0.2, 0.25) is 0 Å². The molecule has 1 fully saturated rings. The Bertz CT molecular complexity index is 1190. The molecule has 2 aromatic carbocycles. The van der Waals surface area contributed by atoms with Gasteiger partial charge in [-0.1, -0.05) is 114 Å². The van der Waals surface area contributed by atoms with Gasteiger partial charge < -0.3 is 10.6 Å². The molecule has 0 spiro atoms. The highest BCUT2D eigenvalue weighted by Gasteiger charge is 2.31. The maximum absolute atomic E-state index is 4.34. The van der Waals surface area contributed by atoms with E-state index in [0.29, 0.717) is 5.92 Å². The average molecular weight is 539 g/mol. The SMILES string of the molecule is C=C(C)C1=CC=CC1.C=C(Nc1ccc(NC(=C)C(C)CC2CCC(C)C2C)cc1C)c1ccc(C)cc1.CC. The molecule has 2 aromatic rings. The topological polar surface area (TPSA) is 24.1 Å². The van der Waals surface area contributed by atoms with Crippen LogP contribution in [0.5, 0.6) is 0 Å². The first kappa shape index (κ1) is 32.9. The van der Waals surface area contributed by atoms with Gasteiger partial charge in [0.05, 0.1) is 0 Å². The van der Waals surface area contributed by atoms with E-state index in [0.717, 1.165) is 52.5 Å². The summed E-state index contributed by atoms with van der Waals surface area (Å²) in [4.78, 5) is 0. The summed E-state index contributed by atoms with van der Waals surface area (Å²) in [6.07, 6.45) is 11.4. The molecule has 0 radical (unpaired) electrons. The summed E-state index contributed by atoms with van der Waals surface area (Å²) in [5.41, 5.74) is 10.3. The highest BCUT2D eigenvalue weighted by Crippen LogP contribution is 2.40. The van der Waals surface area contributed by atoms with Crippen LogP contribution in [0.4, 0.5) is 11.4 Å². The van der Waals surface area contributed by atoms with Crippen LogP contribution >= 0.6 is 0 Å². The summed E-state index contributed by atoms with van der Waals surface area (Å²) >= 11 is 0. The molecule has 40 heavy (non-hydrogen) atoms. The van der Waals surface area contributed by atoms with Gasteiger partial charge in [0.25, 0.3) is 0 Å². The number of nitrogens with one attached hydrogen (secondary N) is 2. The van der Waals surface area contributed by atoms with E-state index in [1.165, 1.54) is 41.5 Å². The molecule has 0 amide bonds. The van der Waals surface area contributed by atoms with Gasteiger partial charge in [-0.05, 0) is 98.6 Å². The molecule has 0 heterocycles. The Morgan fingerprint density at radius 1 is 0.950 bits per heavy atom. The van der Waals surface area contributed by atoms with Gasteiger partial charge in [-0.2, -0.15) is 0 Å². The van der Waals surface area contributed by atoms with Crippen molar-refractivity contribution in [3.05, 3.63) is 114 Å². The third kappa shape index (κ3) is 9.73. The van der Waals surface area contributed by atoms with Crippen LogP contribution in [-0.4, -0.2) is 0 Å². The van der Waals surface area contributed by atoms with Crippen molar-refractivity contribution in [3.8, 4) is 0 Å². The van der Waals surface area contributed by atoms with Gasteiger partial charge >= 0.3 is 0 Å². The second kappa shape index (κ2) is 16.1. The van der Waals surface area contributed by atoms with Crippen molar-refractivity contribution >= 4 is 17.1 Å². The summed E-state index contributed by atoms with van der Waals surface area (Å²) in [7, 11) is 0. The van der Waals surface area contributed by atoms with Gasteiger partial charge in [-0.25, -0.2) is 0 Å². The first-order chi connectivity index (χ1) is 19.0. The van der Waals surface area contributed by atoms with Crippen molar-refractivity contribution in [3.63, 3.8) is 0 Å². The van der Waals surface area contributed by atoms with Crippen molar-refractivity contribution < 1.29 is 0 Å². The molecule has 216 valence electrons. The molecular formula is C38H54N2. The van der Waals surface area contributed by atoms with E-state index in [1.54, 1.807) is 0 Å². The first-order valence-corrected chi connectivity index (χ1v) is 15.2. The molecule has 0 aliphatic heterocycles. The number of anilines is 2. The molecule has 1 saturated carbocycles. The van der Waals surface area contributed by atoms with E-state index in [-0.39, 0.29) is 0 Å². The molecule has 2 N–H and O–H groups in total. The van der Waals surface area contributed by atoms with Crippen LogP contribution in [-0.2, 0) is 0 Å². The Labute approximate surface area is 246 Å². The maximum atomic E-state index is 4.34. The van der Waals surface area contributed by atoms with Crippen LogP contribution in [0.1, 0.15) is 83.9 Å². The van der Waals surface area contributed by atoms with E-state index in [2.05, 4.69) is 126 Å². The Hall–Kier alpha value is -3.26. The molecule has 4 rings (SSSR count). The number of benzene rings is 2. The number of allylic oxidation sites excluding steroid dienone is 6. The van der Waals surface area contributed by atoms with E-state index in [9.17, 15) is 0 Å². The van der Waals surface area contributed by atoms with Crippen LogP contribution < -0.4 is 10.6 Å². The summed E-state index contributed by atoms with van der Waals surface area (Å²) in [5, 5.41) is 7.02. The van der Waals surface area contributed by atoms with Crippen LogP contribution in [0.3, 0.4) is 0 Å². The lowest BCUT2D eigenvalue weighted by molar-refractivity contribution is 0.314. The minimum Gasteiger partial charge on any atom is -0.359 e. The number of hydrogen-bond acceptors (Lipinski definition) is 2. The quantitative estimate of drug-likeness (QED) is 0.332. The van der Waals surface area contributed by atoms with Crippen LogP contribution in [0.15, 0.2) is 97.3 Å². The van der Waals surface area contributed by atoms with Crippen molar-refractivity contribution in [2.45, 2.75) is 81.1 Å². The zero-order valence-electron chi connectivity index (χ0n) is 26.5. The van der Waals surface area contributed by atoms with E-state index in [4.69, 9.17) is 0 Å². The Morgan fingerprint density at radius 2 is 1.62 bits per heavy atom. The summed E-state index contributed by atoms with van der Waals surface area (Å²) in [5.74, 6) is 2.99. The average Bonchev–Trinajstić information content (AvgIpc) is 3.59. The number of aryl methyl sites for hydroxylation is 2. The van der Waals surface area contributed by atoms with Crippen LogP contribution in [0, 0.1) is 37.5 Å². The lowest BCUT2D eigenvalue weighted by atomic mass is 9.85. The maximum Gasteiger partial charge on any atom is 0.0415 e. The zero-order valence-corrected chi connectivity index (χ0v) is 26.5. The minimum absolute atomic E-state index is 0.474. The van der Waals surface area contributed by atoms with Crippen molar-refractivity contribution in [2.75, 3.05) is 10.6 Å². The third-order valence-electron chi connectivity index (χ3n) is 8.42. The van der Waals surface area contributed by atoms with Gasteiger partial charge in [-0.15, -0.1) is 0 Å². The molecule has 0 bridgehead atoms. The fourth-order valence-corrected chi connectivity index (χ4v) is 5.34. The van der Waals surface area contributed by atoms with Gasteiger partial charge in [0.15, 0.2) is 0 Å². The molecular weight excluding hydrogens is 484 g/mol. The Kier molecular flexibility index (Phi) is 13.3. The molecule has 2 aliphatic rings. The second-order valence-electron chi connectivity index (χ2n) is 11.6. The lowest BCUT2D eigenvalue weighted by Crippen LogP contribution is -2.16. The van der Waals surface area contributed by atoms with Crippen molar-refractivity contribution in [2.24, 2.45) is 23.7 Å². The fraction of sp³-hybridized carbons (Fsp3) is 0.421. The smallest absolute Gasteiger partial charge is 0.0415 e. The Morgan fingerprint density at radius 3 is 2.12 bits per heavy atom. The highest BCUT2D eigenvalue weighted by atomic mass is 14.9. The highest BCUT2D eigenvalue weighted by molar-refractivity contribution is 5.77. The summed E-state index contributed by atoms with van der Waals surface area (Å²) < 4.78 is 0. The largest absolute Gasteiger partial charge is 0.359 e. The number of rotatable bonds is 9. The van der Waals surface area contributed by atoms with E-state index >= 15 is 0 Å². The summed E-state index contributed by atoms with van der Waals surface area (Å²) in [6, 6.07) is 14.9. The van der Waals surface area contributed by atoms with Gasteiger partial charge in [0.1, 0.15) is 0 Å². The predicted molar refractivity (Wildman–Crippen MR) is 181 cm³/mol. The van der Waals surface area contributed by atoms with E-state index < -0.39 is 0 Å². The molecule has 2 aliphatic carbocycles. The van der Waals surface area contributed by atoms with E-state index in [1.807, 2.05) is 20.8 Å². The second-order valence-corrected chi connectivity index (χ2v) is 11.6. The standard InChI is InChI=1S/C28H38N2.C8H10.C2H6/c1-18-8-11-25(12-9-18)24(7)30-28-15-14-27(17-21(28)4)29-23(6)20(3)16-26-13-10-19(2)22(26)5;1-7(2)8-5-3-4-6-8;1-2/h8-9,11-12,14-15,17,19-20,22,26,29-30H,6-7,10,13,16H2,1-5H3;3-5H,1,6H2,2H3;1-2H3. The molecule has 2 heteroatoms. The predicted octanol–water partition coefficient (Wildman–Crippen LogP) is 11.5. The lowest BCUT2D eigenvalue weighted by Gasteiger charge is -2.24. The zero-order chi connectivity index (χ0) is 29.8. The van der Waals surface area contributed by atoms with Crippen molar-refractivity contribution in [1.29, 1.82) is 0 Å². The summed E-state index contributed by atoms with van der Waals surface area (Å²) in [6.45, 7) is 29.8. The monoisotopic (exact) mass is 538 g/mol. The number of hydrogen-bond donors (Lipinski definition) is 2. The van der Waals surface area contributed by atoms with Crippen LogP contribution in [0.25, 0.3) is 5.70 Å². The third-order valence-corrected chi connectivity index (χ3v) is 8.42. The van der Waals surface area contributed by atoms with Crippen molar-refractivity contribution in [1.82, 2.24) is 0 Å². The first-order valence-electron chi connectivity index (χ1n) is 15.2. The van der Waals surface area contributed by atoms with Gasteiger partial charge in [0, 0.05) is 22.8 Å². The molecule has 4 unspecified atom stereocenters. The minimum atomic E-state index is 0.474.